The SMILES string of the molecule is CC1COC(Cn2cncn2)(c2ccc(Oc3ccc(Cl)cc3)cc2Cl)O1.O=C(Nc1ccccc1-c1ccc(Cl)cc1)c1cccnc1Cl. The van der Waals surface area contributed by atoms with Crippen molar-refractivity contribution in [3.63, 3.8) is 0 Å². The zero-order valence-electron chi connectivity index (χ0n) is 26.5. The van der Waals surface area contributed by atoms with E-state index >= 15 is 0 Å². The summed E-state index contributed by atoms with van der Waals surface area (Å²) in [4.78, 5) is 20.3. The zero-order valence-corrected chi connectivity index (χ0v) is 29.5. The summed E-state index contributed by atoms with van der Waals surface area (Å²) in [6, 6.07) is 30.8. The molecule has 1 N–H and O–H groups in total. The predicted molar refractivity (Wildman–Crippen MR) is 195 cm³/mol. The Morgan fingerprint density at radius 2 is 1.64 bits per heavy atom. The molecule has 50 heavy (non-hydrogen) atoms. The normalized spacial score (nSPS) is 16.7. The lowest BCUT2D eigenvalue weighted by Crippen LogP contribution is -2.34. The second kappa shape index (κ2) is 16.0. The molecule has 0 spiro atoms. The first-order valence-electron chi connectivity index (χ1n) is 15.3. The monoisotopic (exact) mass is 747 g/mol. The first-order chi connectivity index (χ1) is 24.2. The number of aromatic nitrogens is 4. The lowest BCUT2D eigenvalue weighted by molar-refractivity contribution is -0.186. The molecule has 6 aromatic rings. The first kappa shape index (κ1) is 35.3. The Balaban J connectivity index is 0.000000175. The van der Waals surface area contributed by atoms with Crippen LogP contribution in [0.15, 0.2) is 122 Å². The van der Waals surface area contributed by atoms with Crippen LogP contribution in [0.3, 0.4) is 0 Å². The van der Waals surface area contributed by atoms with E-state index < -0.39 is 5.79 Å². The first-order valence-corrected chi connectivity index (χ1v) is 16.8. The van der Waals surface area contributed by atoms with E-state index in [1.54, 1.807) is 59.7 Å². The maximum atomic E-state index is 12.4. The van der Waals surface area contributed by atoms with E-state index in [2.05, 4.69) is 20.4 Å². The van der Waals surface area contributed by atoms with E-state index in [9.17, 15) is 4.79 Å². The van der Waals surface area contributed by atoms with E-state index in [1.165, 1.54) is 6.33 Å². The van der Waals surface area contributed by atoms with E-state index in [1.807, 2.05) is 67.6 Å². The standard InChI is InChI=1S/C19H17Cl2N3O3.C18H12Cl2N2O/c1-13-9-25-19(27-13,10-24-12-22-11-23-24)17-7-6-16(8-18(17)21)26-15-4-2-14(20)3-5-15;19-13-9-7-12(8-10-13)14-4-1-2-6-16(14)22-18(23)15-5-3-11-21-17(15)20/h2-8,11-13H,9-10H2,1H3;1-11H,(H,22,23). The molecule has 1 fully saturated rings. The Bertz CT molecular complexity index is 2060. The van der Waals surface area contributed by atoms with Crippen molar-refractivity contribution in [2.75, 3.05) is 11.9 Å². The average Bonchev–Trinajstić information content (AvgIpc) is 3.76. The topological polar surface area (TPSA) is 100 Å². The van der Waals surface area contributed by atoms with Gasteiger partial charge in [-0.1, -0.05) is 76.7 Å². The third-order valence-electron chi connectivity index (χ3n) is 7.51. The predicted octanol–water partition coefficient (Wildman–Crippen LogP) is 9.97. The highest BCUT2D eigenvalue weighted by Gasteiger charge is 2.44. The van der Waals surface area contributed by atoms with Crippen LogP contribution in [0.2, 0.25) is 20.2 Å². The van der Waals surface area contributed by atoms with Gasteiger partial charge in [0.05, 0.1) is 23.3 Å². The Morgan fingerprint density at radius 3 is 2.30 bits per heavy atom. The number of carbonyl (C=O) groups excluding carboxylic acids is 1. The van der Waals surface area contributed by atoms with Crippen LogP contribution in [0.1, 0.15) is 22.8 Å². The van der Waals surface area contributed by atoms with Crippen LogP contribution in [0.5, 0.6) is 11.5 Å². The molecule has 7 rings (SSSR count). The van der Waals surface area contributed by atoms with Crippen molar-refractivity contribution in [2.24, 2.45) is 0 Å². The summed E-state index contributed by atoms with van der Waals surface area (Å²) in [6.45, 7) is 2.76. The number of ether oxygens (including phenoxy) is 3. The third kappa shape index (κ3) is 8.62. The van der Waals surface area contributed by atoms with Crippen LogP contribution in [0.4, 0.5) is 5.69 Å². The number of para-hydroxylation sites is 1. The highest BCUT2D eigenvalue weighted by atomic mass is 35.5. The van der Waals surface area contributed by atoms with Gasteiger partial charge in [-0.2, -0.15) is 5.10 Å². The number of halogens is 4. The van der Waals surface area contributed by atoms with Crippen LogP contribution >= 0.6 is 46.4 Å². The van der Waals surface area contributed by atoms with Crippen molar-refractivity contribution in [2.45, 2.75) is 25.4 Å². The second-order valence-electron chi connectivity index (χ2n) is 11.1. The number of hydrogen-bond donors (Lipinski definition) is 1. The van der Waals surface area contributed by atoms with Gasteiger partial charge in [0, 0.05) is 33.1 Å². The third-order valence-corrected chi connectivity index (χ3v) is 8.63. The molecule has 1 aliphatic rings. The Hall–Kier alpha value is -4.48. The quantitative estimate of drug-likeness (QED) is 0.155. The molecule has 4 aromatic carbocycles. The van der Waals surface area contributed by atoms with Gasteiger partial charge in [0.25, 0.3) is 5.91 Å². The van der Waals surface area contributed by atoms with Crippen molar-refractivity contribution in [3.05, 3.63) is 153 Å². The number of pyridine rings is 1. The maximum absolute atomic E-state index is 12.4. The number of nitrogens with zero attached hydrogens (tertiary/aromatic N) is 4. The van der Waals surface area contributed by atoms with E-state index in [4.69, 9.17) is 60.6 Å². The van der Waals surface area contributed by atoms with Gasteiger partial charge in [-0.25, -0.2) is 14.6 Å². The Kier molecular flexibility index (Phi) is 11.3. The van der Waals surface area contributed by atoms with Crippen molar-refractivity contribution in [1.82, 2.24) is 19.7 Å². The number of hydrogen-bond acceptors (Lipinski definition) is 7. The molecule has 0 saturated carbocycles. The summed E-state index contributed by atoms with van der Waals surface area (Å²) in [6.07, 6.45) is 4.57. The lowest BCUT2D eigenvalue weighted by Gasteiger charge is -2.29. The van der Waals surface area contributed by atoms with Gasteiger partial charge in [-0.15, -0.1) is 0 Å². The molecule has 254 valence electrons. The highest BCUT2D eigenvalue weighted by molar-refractivity contribution is 6.33. The molecule has 9 nitrogen and oxygen atoms in total. The summed E-state index contributed by atoms with van der Waals surface area (Å²) in [5, 5.41) is 9.01. The number of nitrogens with one attached hydrogen (secondary N) is 1. The Morgan fingerprint density at radius 1 is 0.920 bits per heavy atom. The van der Waals surface area contributed by atoms with Gasteiger partial charge in [0.15, 0.2) is 0 Å². The molecular weight excluding hydrogens is 720 g/mol. The van der Waals surface area contributed by atoms with Crippen molar-refractivity contribution >= 4 is 58.0 Å². The molecular formula is C37H29Cl4N5O4. The molecule has 0 bridgehead atoms. The molecule has 2 aromatic heterocycles. The van der Waals surface area contributed by atoms with E-state index in [-0.39, 0.29) is 17.2 Å². The molecule has 1 saturated heterocycles. The smallest absolute Gasteiger partial charge is 0.258 e. The summed E-state index contributed by atoms with van der Waals surface area (Å²) in [5.41, 5.74) is 3.60. The molecule has 0 aliphatic carbocycles. The molecule has 0 radical (unpaired) electrons. The van der Waals surface area contributed by atoms with Crippen molar-refractivity contribution < 1.29 is 19.0 Å². The number of amides is 1. The van der Waals surface area contributed by atoms with Crippen LogP contribution < -0.4 is 10.1 Å². The van der Waals surface area contributed by atoms with E-state index in [0.29, 0.717) is 56.5 Å². The van der Waals surface area contributed by atoms with Gasteiger partial charge in [0.2, 0.25) is 5.79 Å². The minimum Gasteiger partial charge on any atom is -0.457 e. The van der Waals surface area contributed by atoms with Crippen LogP contribution in [0, 0.1) is 0 Å². The molecule has 1 aliphatic heterocycles. The van der Waals surface area contributed by atoms with Gasteiger partial charge in [-0.05, 0) is 85.3 Å². The fourth-order valence-corrected chi connectivity index (χ4v) is 5.98. The number of carbonyl (C=O) groups is 1. The summed E-state index contributed by atoms with van der Waals surface area (Å²) >= 11 is 24.4. The largest absolute Gasteiger partial charge is 0.457 e. The molecule has 2 unspecified atom stereocenters. The van der Waals surface area contributed by atoms with Crippen molar-refractivity contribution in [3.8, 4) is 22.6 Å². The molecule has 2 atom stereocenters. The second-order valence-corrected chi connectivity index (χ2v) is 12.8. The average molecular weight is 749 g/mol. The number of anilines is 1. The van der Waals surface area contributed by atoms with Crippen LogP contribution in [-0.4, -0.2) is 38.4 Å². The van der Waals surface area contributed by atoms with Gasteiger partial charge in [0.1, 0.15) is 35.9 Å². The summed E-state index contributed by atoms with van der Waals surface area (Å²) in [7, 11) is 0. The minimum absolute atomic E-state index is 0.0606. The maximum Gasteiger partial charge on any atom is 0.258 e. The highest BCUT2D eigenvalue weighted by Crippen LogP contribution is 2.41. The van der Waals surface area contributed by atoms with Gasteiger partial charge < -0.3 is 19.5 Å². The fraction of sp³-hybridized carbons (Fsp3) is 0.135. The van der Waals surface area contributed by atoms with Gasteiger partial charge >= 0.3 is 0 Å². The molecule has 1 amide bonds. The Labute approximate surface area is 308 Å². The minimum atomic E-state index is -1.02. The van der Waals surface area contributed by atoms with Crippen molar-refractivity contribution in [1.29, 1.82) is 0 Å². The summed E-state index contributed by atoms with van der Waals surface area (Å²) < 4.78 is 19.6. The lowest BCUT2D eigenvalue weighted by atomic mass is 10.0. The van der Waals surface area contributed by atoms with E-state index in [0.717, 1.165) is 11.1 Å². The number of rotatable bonds is 8. The molecule has 3 heterocycles. The molecule has 13 heteroatoms. The zero-order chi connectivity index (χ0) is 35.1. The number of benzene rings is 4. The van der Waals surface area contributed by atoms with Crippen LogP contribution in [0.25, 0.3) is 11.1 Å². The van der Waals surface area contributed by atoms with Gasteiger partial charge in [-0.3, -0.25) is 4.79 Å². The summed E-state index contributed by atoms with van der Waals surface area (Å²) in [5.74, 6) is -0.0525. The van der Waals surface area contributed by atoms with Crippen LogP contribution in [-0.2, 0) is 21.8 Å². The fourth-order valence-electron chi connectivity index (χ4n) is 5.21.